The first-order chi connectivity index (χ1) is 6.75. The average molecular weight is 195 g/mol. The van der Waals surface area contributed by atoms with Crippen LogP contribution in [0.25, 0.3) is 0 Å². The number of Topliss-reactive ketones (excluding diaryl/α,β-unsaturated/α-hetero) is 1. The molecule has 1 aromatic rings. The van der Waals surface area contributed by atoms with E-state index in [1.165, 1.54) is 18.7 Å². The summed E-state index contributed by atoms with van der Waals surface area (Å²) in [4.78, 5) is 19.1. The van der Waals surface area contributed by atoms with E-state index in [4.69, 9.17) is 10.5 Å². The van der Waals surface area contributed by atoms with Crippen LogP contribution in [-0.2, 0) is 4.74 Å². The molecule has 5 nitrogen and oxygen atoms in total. The Kier molecular flexibility index (Phi) is 4.15. The van der Waals surface area contributed by atoms with Gasteiger partial charge < -0.3 is 10.5 Å². The molecule has 0 aliphatic rings. The van der Waals surface area contributed by atoms with Crippen molar-refractivity contribution in [2.75, 3.05) is 13.7 Å². The number of aromatic nitrogens is 2. The highest BCUT2D eigenvalue weighted by molar-refractivity contribution is 5.99. The van der Waals surface area contributed by atoms with E-state index in [2.05, 4.69) is 9.97 Å². The lowest BCUT2D eigenvalue weighted by Crippen LogP contribution is -2.31. The number of carbonyl (C=O) groups excluding carboxylic acids is 1. The summed E-state index contributed by atoms with van der Waals surface area (Å²) in [5.41, 5.74) is 6.09. The minimum Gasteiger partial charge on any atom is -0.385 e. The predicted molar refractivity (Wildman–Crippen MR) is 50.8 cm³/mol. The number of nitrogens with two attached hydrogens (primary N) is 1. The SMILES string of the molecule is COCCC(N)C(=O)c1cncnc1. The van der Waals surface area contributed by atoms with Gasteiger partial charge in [-0.1, -0.05) is 0 Å². The van der Waals surface area contributed by atoms with Crippen LogP contribution >= 0.6 is 0 Å². The molecule has 14 heavy (non-hydrogen) atoms. The maximum atomic E-state index is 11.6. The van der Waals surface area contributed by atoms with Gasteiger partial charge in [0.25, 0.3) is 0 Å². The number of methoxy groups -OCH3 is 1. The quantitative estimate of drug-likeness (QED) is 0.670. The van der Waals surface area contributed by atoms with Crippen molar-refractivity contribution in [3.8, 4) is 0 Å². The van der Waals surface area contributed by atoms with E-state index in [1.54, 1.807) is 7.11 Å². The first-order valence-corrected chi connectivity index (χ1v) is 4.29. The van der Waals surface area contributed by atoms with E-state index < -0.39 is 6.04 Å². The monoisotopic (exact) mass is 195 g/mol. The molecule has 2 N–H and O–H groups in total. The molecule has 0 aromatic carbocycles. The van der Waals surface area contributed by atoms with Crippen molar-refractivity contribution in [1.29, 1.82) is 0 Å². The molecule has 76 valence electrons. The van der Waals surface area contributed by atoms with E-state index >= 15 is 0 Å². The third kappa shape index (κ3) is 2.86. The largest absolute Gasteiger partial charge is 0.385 e. The summed E-state index contributed by atoms with van der Waals surface area (Å²) in [6.07, 6.45) is 4.80. The molecule has 0 fully saturated rings. The molecule has 0 aliphatic carbocycles. The topological polar surface area (TPSA) is 78.1 Å². The number of hydrogen-bond donors (Lipinski definition) is 1. The highest BCUT2D eigenvalue weighted by atomic mass is 16.5. The van der Waals surface area contributed by atoms with Crippen LogP contribution in [0.4, 0.5) is 0 Å². The molecule has 1 atom stereocenters. The van der Waals surface area contributed by atoms with Crippen LogP contribution in [0.15, 0.2) is 18.7 Å². The lowest BCUT2D eigenvalue weighted by Gasteiger charge is -2.08. The zero-order valence-electron chi connectivity index (χ0n) is 8.01. The molecule has 0 saturated heterocycles. The molecule has 5 heteroatoms. The van der Waals surface area contributed by atoms with Crippen molar-refractivity contribution >= 4 is 5.78 Å². The van der Waals surface area contributed by atoms with Gasteiger partial charge in [-0.25, -0.2) is 9.97 Å². The highest BCUT2D eigenvalue weighted by Gasteiger charge is 2.15. The Balaban J connectivity index is 2.57. The van der Waals surface area contributed by atoms with Crippen LogP contribution in [-0.4, -0.2) is 35.5 Å². The number of rotatable bonds is 5. The fourth-order valence-corrected chi connectivity index (χ4v) is 1.02. The molecule has 0 saturated carbocycles. The van der Waals surface area contributed by atoms with Gasteiger partial charge in [-0.05, 0) is 6.42 Å². The summed E-state index contributed by atoms with van der Waals surface area (Å²) >= 11 is 0. The molecule has 0 aliphatic heterocycles. The van der Waals surface area contributed by atoms with Gasteiger partial charge in [0.15, 0.2) is 5.78 Å². The fourth-order valence-electron chi connectivity index (χ4n) is 1.02. The number of ketones is 1. The lowest BCUT2D eigenvalue weighted by molar-refractivity contribution is 0.0934. The van der Waals surface area contributed by atoms with Gasteiger partial charge in [-0.15, -0.1) is 0 Å². The van der Waals surface area contributed by atoms with Crippen molar-refractivity contribution in [3.05, 3.63) is 24.3 Å². The molecule has 1 rings (SSSR count). The third-order valence-electron chi connectivity index (χ3n) is 1.81. The van der Waals surface area contributed by atoms with Crippen LogP contribution in [0.5, 0.6) is 0 Å². The minimum absolute atomic E-state index is 0.150. The molecule has 0 bridgehead atoms. The minimum atomic E-state index is -0.541. The van der Waals surface area contributed by atoms with E-state index in [-0.39, 0.29) is 5.78 Å². The van der Waals surface area contributed by atoms with Gasteiger partial charge in [0, 0.05) is 26.1 Å². The normalized spacial score (nSPS) is 12.4. The second kappa shape index (κ2) is 5.41. The van der Waals surface area contributed by atoms with E-state index in [0.717, 1.165) is 0 Å². The van der Waals surface area contributed by atoms with Crippen LogP contribution in [0.2, 0.25) is 0 Å². The molecule has 0 radical (unpaired) electrons. The standard InChI is InChI=1S/C9H13N3O2/c1-14-3-2-8(10)9(13)7-4-11-6-12-5-7/h4-6,8H,2-3,10H2,1H3. The number of hydrogen-bond acceptors (Lipinski definition) is 5. The maximum Gasteiger partial charge on any atom is 0.182 e. The Morgan fingerprint density at radius 3 is 2.79 bits per heavy atom. The van der Waals surface area contributed by atoms with Crippen molar-refractivity contribution in [3.63, 3.8) is 0 Å². The molecule has 1 aromatic heterocycles. The fraction of sp³-hybridized carbons (Fsp3) is 0.444. The van der Waals surface area contributed by atoms with Gasteiger partial charge in [0.1, 0.15) is 6.33 Å². The molecule has 1 heterocycles. The van der Waals surface area contributed by atoms with E-state index in [1.807, 2.05) is 0 Å². The second-order valence-corrected chi connectivity index (χ2v) is 2.88. The molecular formula is C9H13N3O2. The van der Waals surface area contributed by atoms with Gasteiger partial charge in [-0.2, -0.15) is 0 Å². The van der Waals surface area contributed by atoms with Gasteiger partial charge >= 0.3 is 0 Å². The lowest BCUT2D eigenvalue weighted by atomic mass is 10.1. The summed E-state index contributed by atoms with van der Waals surface area (Å²) in [6.45, 7) is 0.473. The Morgan fingerprint density at radius 2 is 2.21 bits per heavy atom. The average Bonchev–Trinajstić information content (AvgIpc) is 2.26. The Labute approximate surface area is 82.3 Å². The molecule has 0 amide bonds. The zero-order valence-corrected chi connectivity index (χ0v) is 8.01. The highest BCUT2D eigenvalue weighted by Crippen LogP contribution is 2.01. The van der Waals surface area contributed by atoms with E-state index in [0.29, 0.717) is 18.6 Å². The van der Waals surface area contributed by atoms with Crippen LogP contribution in [0, 0.1) is 0 Å². The van der Waals surface area contributed by atoms with Crippen LogP contribution < -0.4 is 5.73 Å². The van der Waals surface area contributed by atoms with E-state index in [9.17, 15) is 4.79 Å². The number of ether oxygens (including phenoxy) is 1. The number of carbonyl (C=O) groups is 1. The first-order valence-electron chi connectivity index (χ1n) is 4.29. The smallest absolute Gasteiger partial charge is 0.182 e. The van der Waals surface area contributed by atoms with Crippen molar-refractivity contribution in [2.24, 2.45) is 5.73 Å². The summed E-state index contributed by atoms with van der Waals surface area (Å²) in [7, 11) is 1.57. The Hall–Kier alpha value is -1.33. The first kappa shape index (κ1) is 10.7. The molecule has 0 spiro atoms. The van der Waals surface area contributed by atoms with Crippen molar-refractivity contribution in [2.45, 2.75) is 12.5 Å². The van der Waals surface area contributed by atoms with Crippen LogP contribution in [0.3, 0.4) is 0 Å². The third-order valence-corrected chi connectivity index (χ3v) is 1.81. The van der Waals surface area contributed by atoms with Crippen LogP contribution in [0.1, 0.15) is 16.8 Å². The number of nitrogens with zero attached hydrogens (tertiary/aromatic N) is 2. The second-order valence-electron chi connectivity index (χ2n) is 2.88. The van der Waals surface area contributed by atoms with Gasteiger partial charge in [-0.3, -0.25) is 4.79 Å². The van der Waals surface area contributed by atoms with Crippen molar-refractivity contribution in [1.82, 2.24) is 9.97 Å². The molecule has 1 unspecified atom stereocenters. The summed E-state index contributed by atoms with van der Waals surface area (Å²) < 4.78 is 4.84. The predicted octanol–water partition coefficient (Wildman–Crippen LogP) is 0.0231. The van der Waals surface area contributed by atoms with Gasteiger partial charge in [0.2, 0.25) is 0 Å². The Morgan fingerprint density at radius 1 is 1.57 bits per heavy atom. The maximum absolute atomic E-state index is 11.6. The summed E-state index contributed by atoms with van der Waals surface area (Å²) in [5, 5.41) is 0. The Bertz CT molecular complexity index is 289. The summed E-state index contributed by atoms with van der Waals surface area (Å²) in [6, 6.07) is -0.541. The zero-order chi connectivity index (χ0) is 10.4. The van der Waals surface area contributed by atoms with Crippen molar-refractivity contribution < 1.29 is 9.53 Å². The van der Waals surface area contributed by atoms with Gasteiger partial charge in [0.05, 0.1) is 11.6 Å². The molecular weight excluding hydrogens is 182 g/mol. The summed E-state index contributed by atoms with van der Waals surface area (Å²) in [5.74, 6) is -0.150.